The fourth-order valence-corrected chi connectivity index (χ4v) is 3.32. The van der Waals surface area contributed by atoms with Gasteiger partial charge in [-0.1, -0.05) is 11.2 Å². The molecule has 1 aliphatic heterocycles. The molecule has 0 spiro atoms. The number of halogens is 2. The summed E-state index contributed by atoms with van der Waals surface area (Å²) in [7, 11) is 1.38. The average molecular weight is 385 g/mol. The van der Waals surface area contributed by atoms with Gasteiger partial charge in [-0.05, 0) is 37.3 Å². The molecule has 1 atom stereocenters. The van der Waals surface area contributed by atoms with E-state index in [0.29, 0.717) is 23.4 Å². The minimum absolute atomic E-state index is 0.120. The van der Waals surface area contributed by atoms with E-state index in [1.165, 1.54) is 30.2 Å². The standard InChI is InChI=1S/C20H17F2N3O3/c1-11-14(21)4-3-5-16(11)25-10-13(9-18(25)26)20-23-19(24-28-20)12-6-7-17(27-2)15(22)8-12/h3-8,13H,9-10H2,1-2H3. The van der Waals surface area contributed by atoms with Crippen LogP contribution in [0, 0.1) is 18.6 Å². The van der Waals surface area contributed by atoms with Crippen molar-refractivity contribution in [3.8, 4) is 17.1 Å². The summed E-state index contributed by atoms with van der Waals surface area (Å²) in [6.45, 7) is 1.94. The second-order valence-corrected chi connectivity index (χ2v) is 6.59. The van der Waals surface area contributed by atoms with Crippen molar-refractivity contribution in [3.05, 3.63) is 59.5 Å². The Balaban J connectivity index is 1.57. The maximum Gasteiger partial charge on any atom is 0.232 e. The van der Waals surface area contributed by atoms with Crippen LogP contribution < -0.4 is 9.64 Å². The fraction of sp³-hybridized carbons (Fsp3) is 0.250. The molecule has 4 rings (SSSR count). The second kappa shape index (κ2) is 7.03. The molecule has 2 heterocycles. The number of hydrogen-bond donors (Lipinski definition) is 0. The molecular weight excluding hydrogens is 368 g/mol. The highest BCUT2D eigenvalue weighted by atomic mass is 19.1. The van der Waals surface area contributed by atoms with E-state index in [1.54, 1.807) is 25.1 Å². The van der Waals surface area contributed by atoms with Gasteiger partial charge in [-0.15, -0.1) is 0 Å². The van der Waals surface area contributed by atoms with Crippen molar-refractivity contribution in [1.82, 2.24) is 10.1 Å². The number of rotatable bonds is 4. The molecular formula is C20H17F2N3O3. The number of hydrogen-bond acceptors (Lipinski definition) is 5. The molecule has 3 aromatic rings. The lowest BCUT2D eigenvalue weighted by molar-refractivity contribution is -0.117. The highest BCUT2D eigenvalue weighted by Crippen LogP contribution is 2.34. The topological polar surface area (TPSA) is 68.5 Å². The van der Waals surface area contributed by atoms with Gasteiger partial charge in [0.05, 0.1) is 13.0 Å². The molecule has 2 aromatic carbocycles. The maximum atomic E-state index is 13.9. The molecule has 1 amide bonds. The summed E-state index contributed by atoms with van der Waals surface area (Å²) < 4.78 is 38.0. The molecule has 0 N–H and O–H groups in total. The Morgan fingerprint density at radius 3 is 2.79 bits per heavy atom. The number of carbonyl (C=O) groups excluding carboxylic acids is 1. The number of amides is 1. The van der Waals surface area contributed by atoms with Gasteiger partial charge in [-0.25, -0.2) is 8.78 Å². The highest BCUT2D eigenvalue weighted by Gasteiger charge is 2.36. The predicted molar refractivity (Wildman–Crippen MR) is 97.1 cm³/mol. The third kappa shape index (κ3) is 3.11. The minimum Gasteiger partial charge on any atom is -0.494 e. The maximum absolute atomic E-state index is 13.9. The van der Waals surface area contributed by atoms with Gasteiger partial charge in [0.1, 0.15) is 5.82 Å². The minimum atomic E-state index is -0.532. The lowest BCUT2D eigenvalue weighted by Crippen LogP contribution is -2.25. The summed E-state index contributed by atoms with van der Waals surface area (Å²) in [4.78, 5) is 18.3. The average Bonchev–Trinajstić information content (AvgIpc) is 3.31. The van der Waals surface area contributed by atoms with Crippen molar-refractivity contribution >= 4 is 11.6 Å². The molecule has 28 heavy (non-hydrogen) atoms. The number of aromatic nitrogens is 2. The Morgan fingerprint density at radius 2 is 2.04 bits per heavy atom. The summed E-state index contributed by atoms with van der Waals surface area (Å²) in [5.74, 6) is -0.727. The van der Waals surface area contributed by atoms with Crippen LogP contribution in [0.1, 0.15) is 23.8 Å². The summed E-state index contributed by atoms with van der Waals surface area (Å²) >= 11 is 0. The van der Waals surface area contributed by atoms with Crippen molar-refractivity contribution in [3.63, 3.8) is 0 Å². The third-order valence-electron chi connectivity index (χ3n) is 4.86. The Labute approximate surface area is 159 Å². The summed E-state index contributed by atoms with van der Waals surface area (Å²) in [5, 5.41) is 3.90. The quantitative estimate of drug-likeness (QED) is 0.682. The third-order valence-corrected chi connectivity index (χ3v) is 4.86. The second-order valence-electron chi connectivity index (χ2n) is 6.59. The first-order chi connectivity index (χ1) is 13.5. The molecule has 0 aliphatic carbocycles. The van der Waals surface area contributed by atoms with Gasteiger partial charge >= 0.3 is 0 Å². The predicted octanol–water partition coefficient (Wildman–Crippen LogP) is 3.85. The van der Waals surface area contributed by atoms with Crippen molar-refractivity contribution in [2.24, 2.45) is 0 Å². The molecule has 6 nitrogen and oxygen atoms in total. The van der Waals surface area contributed by atoms with Crippen LogP contribution in [0.2, 0.25) is 0 Å². The molecule has 144 valence electrons. The van der Waals surface area contributed by atoms with Crippen LogP contribution >= 0.6 is 0 Å². The van der Waals surface area contributed by atoms with Gasteiger partial charge in [0.15, 0.2) is 11.6 Å². The number of nitrogens with zero attached hydrogens (tertiary/aromatic N) is 3. The smallest absolute Gasteiger partial charge is 0.232 e. The normalized spacial score (nSPS) is 16.6. The molecule has 8 heteroatoms. The SMILES string of the molecule is COc1ccc(-c2noc(C3CC(=O)N(c4cccc(F)c4C)C3)n2)cc1F. The summed E-state index contributed by atoms with van der Waals surface area (Å²) in [6, 6.07) is 9.00. The van der Waals surface area contributed by atoms with Crippen LogP contribution in [-0.2, 0) is 4.79 Å². The Morgan fingerprint density at radius 1 is 1.21 bits per heavy atom. The molecule has 0 bridgehead atoms. The van der Waals surface area contributed by atoms with Gasteiger partial charge in [-0.2, -0.15) is 4.98 Å². The number of anilines is 1. The first-order valence-corrected chi connectivity index (χ1v) is 8.71. The zero-order chi connectivity index (χ0) is 19.8. The molecule has 1 aromatic heterocycles. The van der Waals surface area contributed by atoms with E-state index in [2.05, 4.69) is 10.1 Å². The van der Waals surface area contributed by atoms with Gasteiger partial charge in [0.25, 0.3) is 0 Å². The van der Waals surface area contributed by atoms with Crippen LogP contribution in [0.3, 0.4) is 0 Å². The van der Waals surface area contributed by atoms with Crippen LogP contribution in [0.4, 0.5) is 14.5 Å². The van der Waals surface area contributed by atoms with E-state index in [1.807, 2.05) is 0 Å². The van der Waals surface area contributed by atoms with E-state index < -0.39 is 5.82 Å². The van der Waals surface area contributed by atoms with Crippen LogP contribution in [0.15, 0.2) is 40.9 Å². The molecule has 1 unspecified atom stereocenters. The van der Waals surface area contributed by atoms with E-state index in [9.17, 15) is 13.6 Å². The van der Waals surface area contributed by atoms with Crippen LogP contribution in [0.5, 0.6) is 5.75 Å². The number of ether oxygens (including phenoxy) is 1. The van der Waals surface area contributed by atoms with Crippen molar-refractivity contribution in [2.45, 2.75) is 19.3 Å². The van der Waals surface area contributed by atoms with E-state index in [-0.39, 0.29) is 41.5 Å². The van der Waals surface area contributed by atoms with E-state index >= 15 is 0 Å². The Bertz CT molecular complexity index is 1050. The van der Waals surface area contributed by atoms with Crippen LogP contribution in [-0.4, -0.2) is 29.7 Å². The number of methoxy groups -OCH3 is 1. The van der Waals surface area contributed by atoms with Gasteiger partial charge in [-0.3, -0.25) is 4.79 Å². The van der Waals surface area contributed by atoms with E-state index in [4.69, 9.17) is 9.26 Å². The van der Waals surface area contributed by atoms with Crippen LogP contribution in [0.25, 0.3) is 11.4 Å². The molecule has 0 saturated carbocycles. The highest BCUT2D eigenvalue weighted by molar-refractivity contribution is 5.97. The van der Waals surface area contributed by atoms with Gasteiger partial charge < -0.3 is 14.2 Å². The molecule has 1 saturated heterocycles. The van der Waals surface area contributed by atoms with Crippen molar-refractivity contribution in [1.29, 1.82) is 0 Å². The van der Waals surface area contributed by atoms with Crippen molar-refractivity contribution in [2.75, 3.05) is 18.6 Å². The molecule has 0 radical (unpaired) electrons. The molecule has 1 fully saturated rings. The summed E-state index contributed by atoms with van der Waals surface area (Å²) in [6.07, 6.45) is 0.175. The lowest BCUT2D eigenvalue weighted by atomic mass is 10.1. The fourth-order valence-electron chi connectivity index (χ4n) is 3.32. The Hall–Kier alpha value is -3.29. The van der Waals surface area contributed by atoms with Gasteiger partial charge in [0, 0.05) is 29.8 Å². The zero-order valence-corrected chi connectivity index (χ0v) is 15.3. The largest absolute Gasteiger partial charge is 0.494 e. The first-order valence-electron chi connectivity index (χ1n) is 8.71. The van der Waals surface area contributed by atoms with Crippen molar-refractivity contribution < 1.29 is 22.8 Å². The monoisotopic (exact) mass is 385 g/mol. The first kappa shape index (κ1) is 18.1. The summed E-state index contributed by atoms with van der Waals surface area (Å²) in [5.41, 5.74) is 1.39. The zero-order valence-electron chi connectivity index (χ0n) is 15.3. The number of benzene rings is 2. The lowest BCUT2D eigenvalue weighted by Gasteiger charge is -2.18. The molecule has 1 aliphatic rings. The van der Waals surface area contributed by atoms with Gasteiger partial charge in [0.2, 0.25) is 17.6 Å². The number of carbonyl (C=O) groups is 1. The Kier molecular flexibility index (Phi) is 4.54. The van der Waals surface area contributed by atoms with E-state index in [0.717, 1.165) is 0 Å².